The molecule has 3 aromatic rings. The van der Waals surface area contributed by atoms with Gasteiger partial charge in [-0.15, -0.1) is 0 Å². The van der Waals surface area contributed by atoms with Crippen LogP contribution in [0.1, 0.15) is 56.7 Å². The van der Waals surface area contributed by atoms with Crippen LogP contribution in [0.15, 0.2) is 91.2 Å². The summed E-state index contributed by atoms with van der Waals surface area (Å²) in [6, 6.07) is 25.6. The van der Waals surface area contributed by atoms with E-state index in [0.29, 0.717) is 23.8 Å². The van der Waals surface area contributed by atoms with Gasteiger partial charge < -0.3 is 15.2 Å². The Bertz CT molecular complexity index is 1220. The van der Waals surface area contributed by atoms with E-state index in [4.69, 9.17) is 26.8 Å². The SMILES string of the molecule is C/C=C\Oc1cc(CO[C@@H]2CCN(C(C)(C)CCC(C(N)=O)(c3ccccc3)c3ccccc3)C2)ccc1Cl. The Morgan fingerprint density at radius 3 is 2.26 bits per heavy atom. The molecule has 206 valence electrons. The van der Waals surface area contributed by atoms with Gasteiger partial charge in [-0.2, -0.15) is 0 Å². The number of hydrogen-bond acceptors (Lipinski definition) is 4. The lowest BCUT2D eigenvalue weighted by atomic mass is 9.69. The van der Waals surface area contributed by atoms with Crippen molar-refractivity contribution in [3.63, 3.8) is 0 Å². The first-order valence-corrected chi connectivity index (χ1v) is 14.0. The molecule has 39 heavy (non-hydrogen) atoms. The van der Waals surface area contributed by atoms with Gasteiger partial charge in [0.05, 0.1) is 29.4 Å². The summed E-state index contributed by atoms with van der Waals surface area (Å²) in [5.74, 6) is 0.305. The Morgan fingerprint density at radius 2 is 1.67 bits per heavy atom. The zero-order chi connectivity index (χ0) is 27.9. The molecule has 6 heteroatoms. The van der Waals surface area contributed by atoms with Crippen molar-refractivity contribution in [3.05, 3.63) is 113 Å². The molecule has 1 amide bonds. The van der Waals surface area contributed by atoms with Crippen LogP contribution in [0.2, 0.25) is 5.02 Å². The second kappa shape index (κ2) is 12.8. The van der Waals surface area contributed by atoms with Crippen LogP contribution in [-0.4, -0.2) is 35.5 Å². The predicted octanol–water partition coefficient (Wildman–Crippen LogP) is 6.87. The first-order chi connectivity index (χ1) is 18.8. The van der Waals surface area contributed by atoms with Crippen LogP contribution in [0, 0.1) is 0 Å². The second-order valence-electron chi connectivity index (χ2n) is 10.8. The summed E-state index contributed by atoms with van der Waals surface area (Å²) in [5.41, 5.74) is 8.04. The standard InChI is InChI=1S/C33H39ClN2O3/c1-4-21-38-30-22-25(15-16-29(30)34)24-39-28-17-20-36(23-28)32(2,3)18-19-33(31(35)37,26-11-7-5-8-12-26)27-13-9-6-10-14-27/h4-16,21-22,28H,17-20,23-24H2,1-3H3,(H2,35,37)/b21-4-/t28-/m1/s1. The van der Waals surface area contributed by atoms with Gasteiger partial charge in [0.25, 0.3) is 0 Å². The van der Waals surface area contributed by atoms with Crippen LogP contribution >= 0.6 is 11.6 Å². The van der Waals surface area contributed by atoms with Gasteiger partial charge in [0.1, 0.15) is 5.75 Å². The molecule has 1 fully saturated rings. The highest BCUT2D eigenvalue weighted by molar-refractivity contribution is 6.32. The maximum atomic E-state index is 13.2. The Kier molecular flexibility index (Phi) is 9.49. The topological polar surface area (TPSA) is 64.8 Å². The minimum atomic E-state index is -0.892. The van der Waals surface area contributed by atoms with Gasteiger partial charge in [0.2, 0.25) is 5.91 Å². The lowest BCUT2D eigenvalue weighted by Crippen LogP contribution is -2.47. The quantitative estimate of drug-likeness (QED) is 0.252. The number of hydrogen-bond donors (Lipinski definition) is 1. The van der Waals surface area contributed by atoms with Crippen molar-refractivity contribution in [1.29, 1.82) is 0 Å². The third-order valence-corrected chi connectivity index (χ3v) is 8.19. The zero-order valence-electron chi connectivity index (χ0n) is 23.1. The summed E-state index contributed by atoms with van der Waals surface area (Å²) in [5, 5.41) is 0.573. The molecule has 1 atom stereocenters. The van der Waals surface area contributed by atoms with Crippen molar-refractivity contribution in [2.45, 2.75) is 63.7 Å². The van der Waals surface area contributed by atoms with Crippen LogP contribution in [-0.2, 0) is 21.6 Å². The first kappa shape index (κ1) is 28.9. The van der Waals surface area contributed by atoms with Gasteiger partial charge in [-0.25, -0.2) is 0 Å². The molecule has 0 radical (unpaired) electrons. The van der Waals surface area contributed by atoms with Gasteiger partial charge in [0, 0.05) is 18.6 Å². The number of primary amides is 1. The molecule has 1 aliphatic heterocycles. The first-order valence-electron chi connectivity index (χ1n) is 13.6. The van der Waals surface area contributed by atoms with Crippen molar-refractivity contribution >= 4 is 17.5 Å². The van der Waals surface area contributed by atoms with Crippen molar-refractivity contribution in [1.82, 2.24) is 4.90 Å². The summed E-state index contributed by atoms with van der Waals surface area (Å²) < 4.78 is 11.9. The normalized spacial score (nSPS) is 16.6. The van der Waals surface area contributed by atoms with Crippen molar-refractivity contribution in [3.8, 4) is 5.75 Å². The average Bonchev–Trinajstić information content (AvgIpc) is 3.43. The van der Waals surface area contributed by atoms with Crippen LogP contribution < -0.4 is 10.5 Å². The molecule has 0 unspecified atom stereocenters. The number of amides is 1. The van der Waals surface area contributed by atoms with E-state index in [-0.39, 0.29) is 17.6 Å². The van der Waals surface area contributed by atoms with E-state index in [2.05, 4.69) is 18.7 Å². The largest absolute Gasteiger partial charge is 0.464 e. The number of likely N-dealkylation sites (tertiary alicyclic amines) is 1. The number of benzene rings is 3. The number of allylic oxidation sites excluding steroid dienone is 1. The number of ether oxygens (including phenoxy) is 2. The van der Waals surface area contributed by atoms with E-state index in [1.807, 2.05) is 91.9 Å². The highest BCUT2D eigenvalue weighted by Crippen LogP contribution is 2.40. The second-order valence-corrected chi connectivity index (χ2v) is 11.2. The molecule has 0 bridgehead atoms. The number of carbonyl (C=O) groups excluding carboxylic acids is 1. The number of carbonyl (C=O) groups is 1. The van der Waals surface area contributed by atoms with E-state index in [0.717, 1.165) is 42.6 Å². The predicted molar refractivity (Wildman–Crippen MR) is 158 cm³/mol. The van der Waals surface area contributed by atoms with Gasteiger partial charge in [0.15, 0.2) is 0 Å². The van der Waals surface area contributed by atoms with Gasteiger partial charge in [-0.05, 0) is 68.9 Å². The molecule has 0 aromatic heterocycles. The van der Waals surface area contributed by atoms with Crippen LogP contribution in [0.4, 0.5) is 0 Å². The summed E-state index contributed by atoms with van der Waals surface area (Å²) in [6.07, 6.45) is 5.94. The number of halogens is 1. The Labute approximate surface area is 237 Å². The molecule has 5 nitrogen and oxygen atoms in total. The molecule has 0 aliphatic carbocycles. The fraction of sp³-hybridized carbons (Fsp3) is 0.364. The lowest BCUT2D eigenvalue weighted by Gasteiger charge is -2.40. The summed E-state index contributed by atoms with van der Waals surface area (Å²) in [6.45, 7) is 8.67. The third-order valence-electron chi connectivity index (χ3n) is 7.88. The van der Waals surface area contributed by atoms with Crippen LogP contribution in [0.5, 0.6) is 5.75 Å². The number of nitrogens with two attached hydrogens (primary N) is 1. The zero-order valence-corrected chi connectivity index (χ0v) is 23.9. The highest BCUT2D eigenvalue weighted by atomic mass is 35.5. The lowest BCUT2D eigenvalue weighted by molar-refractivity contribution is -0.122. The molecule has 1 aliphatic rings. The minimum Gasteiger partial charge on any atom is -0.464 e. The Balaban J connectivity index is 1.43. The average molecular weight is 547 g/mol. The van der Waals surface area contributed by atoms with Crippen molar-refractivity contribution in [2.24, 2.45) is 5.73 Å². The minimum absolute atomic E-state index is 0.129. The molecule has 0 spiro atoms. The summed E-state index contributed by atoms with van der Waals surface area (Å²) in [7, 11) is 0. The molecule has 1 heterocycles. The molecule has 1 saturated heterocycles. The molecule has 4 rings (SSSR count). The van der Waals surface area contributed by atoms with E-state index in [1.54, 1.807) is 6.26 Å². The van der Waals surface area contributed by atoms with E-state index in [9.17, 15) is 4.79 Å². The number of nitrogens with zero attached hydrogens (tertiary/aromatic N) is 1. The van der Waals surface area contributed by atoms with E-state index >= 15 is 0 Å². The van der Waals surface area contributed by atoms with Crippen LogP contribution in [0.25, 0.3) is 0 Å². The third kappa shape index (κ3) is 6.73. The summed E-state index contributed by atoms with van der Waals surface area (Å²) >= 11 is 6.25. The summed E-state index contributed by atoms with van der Waals surface area (Å²) in [4.78, 5) is 15.7. The van der Waals surface area contributed by atoms with Gasteiger partial charge in [-0.1, -0.05) is 84.4 Å². The Morgan fingerprint density at radius 1 is 1.03 bits per heavy atom. The Hall–Kier alpha value is -3.12. The highest BCUT2D eigenvalue weighted by Gasteiger charge is 2.43. The molecular formula is C33H39ClN2O3. The molecule has 2 N–H and O–H groups in total. The molecule has 3 aromatic carbocycles. The maximum Gasteiger partial charge on any atom is 0.232 e. The van der Waals surface area contributed by atoms with Gasteiger partial charge in [-0.3, -0.25) is 9.69 Å². The smallest absolute Gasteiger partial charge is 0.232 e. The molecule has 0 saturated carbocycles. The van der Waals surface area contributed by atoms with E-state index in [1.165, 1.54) is 0 Å². The van der Waals surface area contributed by atoms with Gasteiger partial charge >= 0.3 is 0 Å². The van der Waals surface area contributed by atoms with Crippen molar-refractivity contribution in [2.75, 3.05) is 13.1 Å². The van der Waals surface area contributed by atoms with Crippen molar-refractivity contribution < 1.29 is 14.3 Å². The maximum absolute atomic E-state index is 13.2. The molecular weight excluding hydrogens is 508 g/mol. The fourth-order valence-corrected chi connectivity index (χ4v) is 5.62. The van der Waals surface area contributed by atoms with E-state index < -0.39 is 5.41 Å². The van der Waals surface area contributed by atoms with Crippen LogP contribution in [0.3, 0.4) is 0 Å². The number of rotatable bonds is 12. The monoisotopic (exact) mass is 546 g/mol. The fourth-order valence-electron chi connectivity index (χ4n) is 5.46.